The minimum Gasteiger partial charge on any atom is -0.491 e. The van der Waals surface area contributed by atoms with Crippen LogP contribution in [0.25, 0.3) is 27.7 Å². The first-order valence-corrected chi connectivity index (χ1v) is 11.9. The van der Waals surface area contributed by atoms with Crippen LogP contribution in [0.3, 0.4) is 0 Å². The van der Waals surface area contributed by atoms with Crippen molar-refractivity contribution in [2.45, 2.75) is 18.9 Å². The summed E-state index contributed by atoms with van der Waals surface area (Å²) in [5.74, 6) is 3.30. The Bertz CT molecular complexity index is 1680. The zero-order valence-corrected chi connectivity index (χ0v) is 20.4. The maximum Gasteiger partial charge on any atom is 0.266 e. The molecule has 0 spiro atoms. The van der Waals surface area contributed by atoms with Gasteiger partial charge in [-0.1, -0.05) is 24.0 Å². The molecule has 4 aromatic rings. The Kier molecular flexibility index (Phi) is 6.89. The fourth-order valence-corrected chi connectivity index (χ4v) is 4.73. The number of nitrogens with one attached hydrogen (secondary N) is 1. The molecule has 1 fully saturated rings. The van der Waals surface area contributed by atoms with E-state index in [9.17, 15) is 18.8 Å². The summed E-state index contributed by atoms with van der Waals surface area (Å²) in [5, 5.41) is 22.1. The summed E-state index contributed by atoms with van der Waals surface area (Å²) in [6, 6.07) is 14.1. The van der Waals surface area contributed by atoms with Crippen LogP contribution in [0.1, 0.15) is 35.8 Å². The van der Waals surface area contributed by atoms with Crippen molar-refractivity contribution in [2.24, 2.45) is 0 Å². The van der Waals surface area contributed by atoms with E-state index in [1.54, 1.807) is 30.3 Å². The number of hydrogen-bond acceptors (Lipinski definition) is 6. The van der Waals surface area contributed by atoms with E-state index in [4.69, 9.17) is 14.8 Å². The van der Waals surface area contributed by atoms with Crippen molar-refractivity contribution in [1.82, 2.24) is 14.9 Å². The molecule has 3 aromatic carbocycles. The van der Waals surface area contributed by atoms with Crippen molar-refractivity contribution in [1.29, 1.82) is 5.26 Å². The van der Waals surface area contributed by atoms with Gasteiger partial charge in [0.25, 0.3) is 5.56 Å². The van der Waals surface area contributed by atoms with Crippen LogP contribution in [0, 0.1) is 34.8 Å². The molecule has 1 unspecified atom stereocenters. The summed E-state index contributed by atoms with van der Waals surface area (Å²) < 4.78 is 35.4. The number of nitrogens with zero attached hydrogens (tertiary/aromatic N) is 3. The van der Waals surface area contributed by atoms with E-state index in [-0.39, 0.29) is 29.3 Å². The maximum atomic E-state index is 14.7. The summed E-state index contributed by atoms with van der Waals surface area (Å²) in [4.78, 5) is 18.8. The van der Waals surface area contributed by atoms with Crippen molar-refractivity contribution < 1.29 is 18.6 Å². The van der Waals surface area contributed by atoms with E-state index in [0.29, 0.717) is 41.0 Å². The smallest absolute Gasteiger partial charge is 0.266 e. The Morgan fingerprint density at radius 1 is 1.16 bits per heavy atom. The molecule has 5 rings (SSSR count). The first-order valence-electron chi connectivity index (χ1n) is 11.9. The fourth-order valence-electron chi connectivity index (χ4n) is 4.73. The number of halogens is 2. The summed E-state index contributed by atoms with van der Waals surface area (Å²) in [7, 11) is 1.16. The van der Waals surface area contributed by atoms with Gasteiger partial charge in [0.2, 0.25) is 0 Å². The van der Waals surface area contributed by atoms with Gasteiger partial charge in [0.05, 0.1) is 41.4 Å². The van der Waals surface area contributed by atoms with E-state index in [2.05, 4.69) is 23.2 Å². The van der Waals surface area contributed by atoms with Gasteiger partial charge < -0.3 is 15.2 Å². The molecule has 2 N–H and O–H groups in total. The highest BCUT2D eigenvalue weighted by molar-refractivity contribution is 5.94. The number of hydrogen-bond donors (Lipinski definition) is 2. The van der Waals surface area contributed by atoms with Crippen molar-refractivity contribution in [3.63, 3.8) is 0 Å². The Morgan fingerprint density at radius 3 is 2.50 bits per heavy atom. The molecule has 7 nitrogen and oxygen atoms in total. The molecular weight excluding hydrogens is 490 g/mol. The van der Waals surface area contributed by atoms with Crippen LogP contribution >= 0.6 is 0 Å². The SMILES string of the molecule is COc1c(F)cc(-n2c(C3CCCN3)nc3c(-c4ccc(C#CCO)cc4)cc(C#N)cc3c2=O)cc1F. The lowest BCUT2D eigenvalue weighted by molar-refractivity contribution is 0.350. The molecule has 0 radical (unpaired) electrons. The number of aliphatic hydroxyl groups is 1. The van der Waals surface area contributed by atoms with Gasteiger partial charge >= 0.3 is 0 Å². The standard InChI is InChI=1S/C29H22F2N4O3/c1-38-27-23(30)14-20(15-24(27)31)35-28(25-5-2-10-33-25)34-26-21(12-18(16-32)13-22(26)29(35)37)19-8-6-17(7-9-19)4-3-11-36/h6-9,12-15,25,33,36H,2,5,10-11H2,1H3. The van der Waals surface area contributed by atoms with Crippen LogP contribution in [-0.4, -0.2) is 34.9 Å². The van der Waals surface area contributed by atoms with Gasteiger partial charge in [-0.05, 0) is 49.2 Å². The first kappa shape index (κ1) is 25.1. The van der Waals surface area contributed by atoms with Gasteiger partial charge in [0.1, 0.15) is 12.4 Å². The number of methoxy groups -OCH3 is 1. The molecule has 0 saturated carbocycles. The second-order valence-electron chi connectivity index (χ2n) is 8.77. The normalized spacial score (nSPS) is 14.7. The highest BCUT2D eigenvalue weighted by Crippen LogP contribution is 2.32. The number of aliphatic hydroxyl groups excluding tert-OH is 1. The van der Waals surface area contributed by atoms with E-state index in [1.807, 2.05) is 0 Å². The second kappa shape index (κ2) is 10.4. The van der Waals surface area contributed by atoms with Gasteiger partial charge in [-0.15, -0.1) is 0 Å². The summed E-state index contributed by atoms with van der Waals surface area (Å²) in [5.41, 5.74) is 2.00. The van der Waals surface area contributed by atoms with E-state index >= 15 is 0 Å². The van der Waals surface area contributed by atoms with Crippen LogP contribution in [0.4, 0.5) is 8.78 Å². The van der Waals surface area contributed by atoms with E-state index in [0.717, 1.165) is 25.7 Å². The van der Waals surface area contributed by atoms with Gasteiger partial charge in [0.15, 0.2) is 17.4 Å². The first-order chi connectivity index (χ1) is 18.4. The maximum absolute atomic E-state index is 14.7. The highest BCUT2D eigenvalue weighted by Gasteiger charge is 2.26. The lowest BCUT2D eigenvalue weighted by Gasteiger charge is -2.20. The lowest BCUT2D eigenvalue weighted by Crippen LogP contribution is -2.29. The monoisotopic (exact) mass is 512 g/mol. The highest BCUT2D eigenvalue weighted by atomic mass is 19.1. The summed E-state index contributed by atoms with van der Waals surface area (Å²) in [6.45, 7) is 0.452. The Balaban J connectivity index is 1.81. The van der Waals surface area contributed by atoms with Crippen LogP contribution in [0.15, 0.2) is 53.3 Å². The average molecular weight is 513 g/mol. The molecule has 1 atom stereocenters. The largest absolute Gasteiger partial charge is 0.491 e. The lowest BCUT2D eigenvalue weighted by atomic mass is 9.98. The molecule has 2 heterocycles. The third kappa shape index (κ3) is 4.50. The topological polar surface area (TPSA) is 100 Å². The van der Waals surface area contributed by atoms with E-state index < -0.39 is 22.9 Å². The number of fused-ring (bicyclic) bond motifs is 1. The molecule has 1 saturated heterocycles. The van der Waals surface area contributed by atoms with Crippen LogP contribution in [0.2, 0.25) is 0 Å². The van der Waals surface area contributed by atoms with E-state index in [1.165, 1.54) is 10.6 Å². The molecule has 1 aliphatic heterocycles. The Hall–Kier alpha value is -4.57. The predicted octanol–water partition coefficient (Wildman–Crippen LogP) is 3.98. The van der Waals surface area contributed by atoms with Crippen LogP contribution in [0.5, 0.6) is 5.75 Å². The molecule has 190 valence electrons. The Labute approximate surface area is 216 Å². The Morgan fingerprint density at radius 2 is 1.89 bits per heavy atom. The fraction of sp³-hybridized carbons (Fsp3) is 0.207. The second-order valence-corrected chi connectivity index (χ2v) is 8.77. The molecule has 9 heteroatoms. The summed E-state index contributed by atoms with van der Waals surface area (Å²) >= 11 is 0. The number of rotatable bonds is 4. The molecular formula is C29H22F2N4O3. The van der Waals surface area contributed by atoms with Gasteiger partial charge in [0, 0.05) is 23.3 Å². The van der Waals surface area contributed by atoms with Crippen molar-refractivity contribution >= 4 is 10.9 Å². The van der Waals surface area contributed by atoms with Crippen LogP contribution in [-0.2, 0) is 0 Å². The van der Waals surface area contributed by atoms with Crippen molar-refractivity contribution in [3.8, 4) is 40.5 Å². The molecule has 1 aromatic heterocycles. The van der Waals surface area contributed by atoms with Crippen molar-refractivity contribution in [2.75, 3.05) is 20.3 Å². The average Bonchev–Trinajstić information content (AvgIpc) is 3.46. The number of aromatic nitrogens is 2. The third-order valence-electron chi connectivity index (χ3n) is 6.45. The number of benzene rings is 3. The molecule has 1 aliphatic rings. The van der Waals surface area contributed by atoms with Gasteiger partial charge in [-0.2, -0.15) is 5.26 Å². The minimum absolute atomic E-state index is 0.0281. The quantitative estimate of drug-likeness (QED) is 0.402. The predicted molar refractivity (Wildman–Crippen MR) is 138 cm³/mol. The number of ether oxygens (including phenoxy) is 1. The number of nitriles is 1. The molecule has 0 bridgehead atoms. The zero-order valence-electron chi connectivity index (χ0n) is 20.4. The zero-order chi connectivity index (χ0) is 26.8. The minimum atomic E-state index is -0.948. The third-order valence-corrected chi connectivity index (χ3v) is 6.45. The molecule has 38 heavy (non-hydrogen) atoms. The molecule has 0 aliphatic carbocycles. The summed E-state index contributed by atoms with van der Waals surface area (Å²) in [6.07, 6.45) is 1.53. The van der Waals surface area contributed by atoms with Crippen molar-refractivity contribution in [3.05, 3.63) is 87.5 Å². The molecule has 0 amide bonds. The van der Waals surface area contributed by atoms with Crippen LogP contribution < -0.4 is 15.6 Å². The van der Waals surface area contributed by atoms with Gasteiger partial charge in [-0.3, -0.25) is 9.36 Å². The van der Waals surface area contributed by atoms with Gasteiger partial charge in [-0.25, -0.2) is 13.8 Å².